The highest BCUT2D eigenvalue weighted by atomic mass is 16.6. The number of rotatable bonds is 4. The van der Waals surface area contributed by atoms with Gasteiger partial charge in [-0.25, -0.2) is 9.78 Å². The van der Waals surface area contributed by atoms with Crippen molar-refractivity contribution in [1.29, 1.82) is 5.26 Å². The molecule has 0 bridgehead atoms. The number of carbonyl (C=O) groups is 1. The molecule has 0 aliphatic rings. The molecular weight excluding hydrogens is 360 g/mol. The van der Waals surface area contributed by atoms with Gasteiger partial charge in [0.2, 0.25) is 5.95 Å². The van der Waals surface area contributed by atoms with Gasteiger partial charge < -0.3 is 20.9 Å². The highest BCUT2D eigenvalue weighted by Gasteiger charge is 2.17. The number of nitriles is 1. The normalized spacial score (nSPS) is 10.0. The molecule has 0 saturated heterocycles. The number of carbonyl (C=O) groups excluding carboxylic acids is 1. The van der Waals surface area contributed by atoms with Crippen LogP contribution in [0, 0.1) is 11.3 Å². The maximum Gasteiger partial charge on any atom is 0.417 e. The summed E-state index contributed by atoms with van der Waals surface area (Å²) in [5, 5.41) is 11.9. The highest BCUT2D eigenvalue weighted by Crippen LogP contribution is 2.34. The Labute approximate surface area is 160 Å². The second kappa shape index (κ2) is 7.92. The fourth-order valence-corrected chi connectivity index (χ4v) is 2.48. The number of anilines is 3. The Balaban J connectivity index is 1.89. The van der Waals surface area contributed by atoms with Crippen molar-refractivity contribution in [1.82, 2.24) is 9.97 Å². The van der Waals surface area contributed by atoms with E-state index in [4.69, 9.17) is 20.9 Å². The molecule has 9 heteroatoms. The van der Waals surface area contributed by atoms with Crippen LogP contribution in [0.1, 0.15) is 5.56 Å². The zero-order valence-electron chi connectivity index (χ0n) is 14.8. The summed E-state index contributed by atoms with van der Waals surface area (Å²) in [7, 11) is 1.43. The Hall–Kier alpha value is -4.32. The number of nitrogen functional groups attached to an aromatic ring is 2. The first-order chi connectivity index (χ1) is 13.5. The molecule has 2 aromatic carbocycles. The van der Waals surface area contributed by atoms with E-state index in [1.54, 1.807) is 36.4 Å². The monoisotopic (exact) mass is 376 g/mol. The van der Waals surface area contributed by atoms with Gasteiger partial charge in [0, 0.05) is 11.3 Å². The fraction of sp³-hybridized carbons (Fsp3) is 0.0526. The minimum absolute atomic E-state index is 0.0217. The zero-order valence-corrected chi connectivity index (χ0v) is 14.8. The van der Waals surface area contributed by atoms with E-state index in [0.29, 0.717) is 11.3 Å². The number of methoxy groups -OCH3 is 1. The summed E-state index contributed by atoms with van der Waals surface area (Å²) in [5.74, 6) is 0.369. The van der Waals surface area contributed by atoms with Crippen LogP contribution in [0.25, 0.3) is 11.3 Å². The largest absolute Gasteiger partial charge is 0.493 e. The Morgan fingerprint density at radius 2 is 1.86 bits per heavy atom. The molecule has 3 rings (SSSR count). The fourth-order valence-electron chi connectivity index (χ4n) is 2.48. The number of ether oxygens (including phenoxy) is 2. The molecule has 0 spiro atoms. The van der Waals surface area contributed by atoms with Crippen LogP contribution in [-0.2, 0) is 0 Å². The second-order valence-corrected chi connectivity index (χ2v) is 5.55. The molecule has 3 aromatic rings. The van der Waals surface area contributed by atoms with E-state index in [0.717, 1.165) is 0 Å². The Morgan fingerprint density at radius 1 is 1.11 bits per heavy atom. The first-order valence-electron chi connectivity index (χ1n) is 8.07. The molecule has 0 radical (unpaired) electrons. The van der Waals surface area contributed by atoms with E-state index in [2.05, 4.69) is 15.3 Å². The van der Waals surface area contributed by atoms with Crippen molar-refractivity contribution in [3.8, 4) is 28.8 Å². The third kappa shape index (κ3) is 3.91. The number of para-hydroxylation sites is 1. The summed E-state index contributed by atoms with van der Waals surface area (Å²) in [6, 6.07) is 15.5. The van der Waals surface area contributed by atoms with Crippen molar-refractivity contribution in [2.24, 2.45) is 0 Å². The average Bonchev–Trinajstić information content (AvgIpc) is 2.68. The number of hydrogen-bond donors (Lipinski definition) is 3. The van der Waals surface area contributed by atoms with Crippen LogP contribution in [-0.4, -0.2) is 23.2 Å². The molecule has 9 nitrogen and oxygen atoms in total. The predicted molar refractivity (Wildman–Crippen MR) is 104 cm³/mol. The number of benzene rings is 2. The lowest BCUT2D eigenvalue weighted by Crippen LogP contribution is -2.17. The molecule has 0 aliphatic carbocycles. The van der Waals surface area contributed by atoms with E-state index in [-0.39, 0.29) is 34.5 Å². The van der Waals surface area contributed by atoms with Crippen LogP contribution >= 0.6 is 0 Å². The maximum absolute atomic E-state index is 12.1. The van der Waals surface area contributed by atoms with Crippen molar-refractivity contribution in [3.63, 3.8) is 0 Å². The summed E-state index contributed by atoms with van der Waals surface area (Å²) in [5.41, 5.74) is 12.8. The average molecular weight is 376 g/mol. The van der Waals surface area contributed by atoms with Crippen LogP contribution in [0.15, 0.2) is 48.5 Å². The molecule has 28 heavy (non-hydrogen) atoms. The Bertz CT molecular complexity index is 1060. The maximum atomic E-state index is 12.1. The molecule has 140 valence electrons. The van der Waals surface area contributed by atoms with Gasteiger partial charge in [-0.05, 0) is 30.3 Å². The third-order valence-corrected chi connectivity index (χ3v) is 3.73. The SMILES string of the molecule is COc1cc(-c2nc(N)nc(N)c2C#N)ccc1OC(=O)Nc1ccccc1. The Kier molecular flexibility index (Phi) is 5.23. The Morgan fingerprint density at radius 3 is 2.54 bits per heavy atom. The van der Waals surface area contributed by atoms with Gasteiger partial charge in [-0.1, -0.05) is 18.2 Å². The van der Waals surface area contributed by atoms with Crippen molar-refractivity contribution in [2.75, 3.05) is 23.9 Å². The topological polar surface area (TPSA) is 149 Å². The summed E-state index contributed by atoms with van der Waals surface area (Å²) in [6.45, 7) is 0. The standard InChI is InChI=1S/C19H16N6O3/c1-27-15-9-11(16-13(10-20)17(21)25-18(22)24-16)7-8-14(15)28-19(26)23-12-5-3-2-4-6-12/h2-9H,1H3,(H,23,26)(H4,21,22,24,25). The van der Waals surface area contributed by atoms with Crippen LogP contribution in [0.2, 0.25) is 0 Å². The number of nitrogens with one attached hydrogen (secondary N) is 1. The molecule has 0 saturated carbocycles. The molecule has 0 aliphatic heterocycles. The quantitative estimate of drug-likeness (QED) is 0.629. The van der Waals surface area contributed by atoms with E-state index in [9.17, 15) is 10.1 Å². The van der Waals surface area contributed by atoms with E-state index < -0.39 is 6.09 Å². The van der Waals surface area contributed by atoms with Gasteiger partial charge in [0.05, 0.1) is 12.8 Å². The molecule has 0 fully saturated rings. The van der Waals surface area contributed by atoms with Gasteiger partial charge in [0.15, 0.2) is 11.5 Å². The molecular formula is C19H16N6O3. The lowest BCUT2D eigenvalue weighted by atomic mass is 10.1. The van der Waals surface area contributed by atoms with E-state index >= 15 is 0 Å². The minimum atomic E-state index is -0.675. The van der Waals surface area contributed by atoms with Crippen LogP contribution in [0.3, 0.4) is 0 Å². The van der Waals surface area contributed by atoms with Crippen molar-refractivity contribution >= 4 is 23.5 Å². The van der Waals surface area contributed by atoms with Crippen LogP contribution in [0.5, 0.6) is 11.5 Å². The number of hydrogen-bond acceptors (Lipinski definition) is 8. The first-order valence-corrected chi connectivity index (χ1v) is 8.07. The molecule has 5 N–H and O–H groups in total. The van der Waals surface area contributed by atoms with E-state index in [1.807, 2.05) is 12.1 Å². The number of amides is 1. The van der Waals surface area contributed by atoms with Crippen molar-refractivity contribution in [2.45, 2.75) is 0 Å². The van der Waals surface area contributed by atoms with Gasteiger partial charge in [-0.3, -0.25) is 5.32 Å². The summed E-state index contributed by atoms with van der Waals surface area (Å²) >= 11 is 0. The first kappa shape index (κ1) is 18.5. The lowest BCUT2D eigenvalue weighted by Gasteiger charge is -2.12. The number of nitrogens with two attached hydrogens (primary N) is 2. The minimum Gasteiger partial charge on any atom is -0.493 e. The van der Waals surface area contributed by atoms with Crippen LogP contribution in [0.4, 0.5) is 22.2 Å². The third-order valence-electron chi connectivity index (χ3n) is 3.73. The van der Waals surface area contributed by atoms with E-state index in [1.165, 1.54) is 13.2 Å². The van der Waals surface area contributed by atoms with Gasteiger partial charge in [0.25, 0.3) is 0 Å². The van der Waals surface area contributed by atoms with Gasteiger partial charge in [0.1, 0.15) is 17.5 Å². The zero-order chi connectivity index (χ0) is 20.1. The molecule has 1 amide bonds. The molecule has 0 unspecified atom stereocenters. The predicted octanol–water partition coefficient (Wildman–Crippen LogP) is 2.80. The summed E-state index contributed by atoms with van der Waals surface area (Å²) in [4.78, 5) is 20.0. The van der Waals surface area contributed by atoms with Crippen molar-refractivity contribution in [3.05, 3.63) is 54.1 Å². The smallest absolute Gasteiger partial charge is 0.417 e. The van der Waals surface area contributed by atoms with Gasteiger partial charge in [-0.15, -0.1) is 0 Å². The second-order valence-electron chi connectivity index (χ2n) is 5.55. The number of aromatic nitrogens is 2. The van der Waals surface area contributed by atoms with Crippen molar-refractivity contribution < 1.29 is 14.3 Å². The summed E-state index contributed by atoms with van der Waals surface area (Å²) in [6.07, 6.45) is -0.675. The highest BCUT2D eigenvalue weighted by molar-refractivity contribution is 5.87. The van der Waals surface area contributed by atoms with Gasteiger partial charge in [-0.2, -0.15) is 10.2 Å². The molecule has 1 heterocycles. The lowest BCUT2D eigenvalue weighted by molar-refractivity contribution is 0.213. The molecule has 1 aromatic heterocycles. The summed E-state index contributed by atoms with van der Waals surface area (Å²) < 4.78 is 10.6. The van der Waals surface area contributed by atoms with Crippen LogP contribution < -0.4 is 26.3 Å². The number of nitrogens with zero attached hydrogens (tertiary/aromatic N) is 3. The van der Waals surface area contributed by atoms with Gasteiger partial charge >= 0.3 is 6.09 Å². The molecule has 0 atom stereocenters.